The number of hydrogen-bond acceptors (Lipinski definition) is 3. The Labute approximate surface area is 143 Å². The Balaban J connectivity index is 1.32. The smallest absolute Gasteiger partial charge is 0.323 e. The van der Waals surface area contributed by atoms with Crippen LogP contribution < -0.4 is 5.32 Å². The standard InChI is InChI=1S/C18H28N4O2/c1-13(15-6-7-15)22-17(8-9-19-22)20-18(23)21-10-2-3-16(11-21)24-12-14-4-5-14/h8-9,13-16H,2-7,10-12H2,1H3,(H,20,23)/t13-,16-/m0/s1. The molecule has 1 N–H and O–H groups in total. The van der Waals surface area contributed by atoms with Crippen molar-refractivity contribution >= 4 is 11.8 Å². The number of carbonyl (C=O) groups excluding carboxylic acids is 1. The Morgan fingerprint density at radius 2 is 2.21 bits per heavy atom. The first-order valence-corrected chi connectivity index (χ1v) is 9.41. The third kappa shape index (κ3) is 3.74. The zero-order chi connectivity index (χ0) is 16.5. The molecule has 2 heterocycles. The molecule has 1 saturated heterocycles. The predicted molar refractivity (Wildman–Crippen MR) is 92.0 cm³/mol. The molecule has 0 aromatic carbocycles. The van der Waals surface area contributed by atoms with Gasteiger partial charge in [0.05, 0.1) is 18.3 Å². The summed E-state index contributed by atoms with van der Waals surface area (Å²) >= 11 is 0. The van der Waals surface area contributed by atoms with Gasteiger partial charge in [0.15, 0.2) is 0 Å². The minimum atomic E-state index is -0.0283. The molecule has 0 unspecified atom stereocenters. The summed E-state index contributed by atoms with van der Waals surface area (Å²) in [5.74, 6) is 2.28. The largest absolute Gasteiger partial charge is 0.376 e. The van der Waals surface area contributed by atoms with Crippen LogP contribution in [-0.4, -0.2) is 46.5 Å². The number of likely N-dealkylation sites (tertiary alicyclic amines) is 1. The summed E-state index contributed by atoms with van der Waals surface area (Å²) in [6, 6.07) is 2.22. The van der Waals surface area contributed by atoms with Crippen LogP contribution in [0.15, 0.2) is 12.3 Å². The highest BCUT2D eigenvalue weighted by Gasteiger charge is 2.32. The van der Waals surface area contributed by atoms with Gasteiger partial charge in [0.2, 0.25) is 0 Å². The van der Waals surface area contributed by atoms with Crippen LogP contribution >= 0.6 is 0 Å². The fourth-order valence-corrected chi connectivity index (χ4v) is 3.52. The minimum absolute atomic E-state index is 0.0283. The molecule has 1 aromatic rings. The number of urea groups is 1. The van der Waals surface area contributed by atoms with Crippen molar-refractivity contribution in [3.05, 3.63) is 12.3 Å². The van der Waals surface area contributed by atoms with Gasteiger partial charge in [-0.2, -0.15) is 5.10 Å². The van der Waals surface area contributed by atoms with Crippen LogP contribution in [0.3, 0.4) is 0 Å². The molecule has 3 aliphatic rings. The van der Waals surface area contributed by atoms with Gasteiger partial charge >= 0.3 is 6.03 Å². The lowest BCUT2D eigenvalue weighted by Crippen LogP contribution is -2.45. The Hall–Kier alpha value is -1.56. The molecule has 2 atom stereocenters. The highest BCUT2D eigenvalue weighted by atomic mass is 16.5. The summed E-state index contributed by atoms with van der Waals surface area (Å²) in [5, 5.41) is 7.46. The second-order valence-electron chi connectivity index (χ2n) is 7.66. The summed E-state index contributed by atoms with van der Waals surface area (Å²) in [7, 11) is 0. The molecule has 1 aromatic heterocycles. The number of piperidine rings is 1. The summed E-state index contributed by atoms with van der Waals surface area (Å²) in [6.07, 6.45) is 9.18. The maximum absolute atomic E-state index is 12.6. The molecule has 1 aliphatic heterocycles. The highest BCUT2D eigenvalue weighted by Crippen LogP contribution is 2.40. The van der Waals surface area contributed by atoms with Gasteiger partial charge in [0.25, 0.3) is 0 Å². The molecule has 2 aliphatic carbocycles. The zero-order valence-electron chi connectivity index (χ0n) is 14.5. The number of amides is 2. The molecule has 132 valence electrons. The molecule has 2 amide bonds. The fourth-order valence-electron chi connectivity index (χ4n) is 3.52. The molecule has 2 saturated carbocycles. The molecule has 24 heavy (non-hydrogen) atoms. The second kappa shape index (κ2) is 6.75. The van der Waals surface area contributed by atoms with E-state index in [-0.39, 0.29) is 12.1 Å². The van der Waals surface area contributed by atoms with Crippen molar-refractivity contribution in [1.82, 2.24) is 14.7 Å². The van der Waals surface area contributed by atoms with E-state index in [1.807, 2.05) is 15.6 Å². The monoisotopic (exact) mass is 332 g/mol. The average Bonchev–Trinajstić information content (AvgIpc) is 3.51. The van der Waals surface area contributed by atoms with Crippen molar-refractivity contribution in [1.29, 1.82) is 0 Å². The zero-order valence-corrected chi connectivity index (χ0v) is 14.5. The van der Waals surface area contributed by atoms with E-state index in [1.165, 1.54) is 25.7 Å². The molecule has 0 radical (unpaired) electrons. The number of hydrogen-bond donors (Lipinski definition) is 1. The van der Waals surface area contributed by atoms with E-state index in [9.17, 15) is 4.79 Å². The minimum Gasteiger partial charge on any atom is -0.376 e. The van der Waals surface area contributed by atoms with Crippen LogP contribution in [0.1, 0.15) is 51.5 Å². The third-order valence-corrected chi connectivity index (χ3v) is 5.53. The third-order valence-electron chi connectivity index (χ3n) is 5.53. The maximum Gasteiger partial charge on any atom is 0.323 e. The van der Waals surface area contributed by atoms with E-state index in [1.54, 1.807) is 6.20 Å². The van der Waals surface area contributed by atoms with Gasteiger partial charge < -0.3 is 9.64 Å². The number of ether oxygens (including phenoxy) is 1. The molecule has 4 rings (SSSR count). The molecule has 0 spiro atoms. The van der Waals surface area contributed by atoms with E-state index in [0.29, 0.717) is 18.5 Å². The van der Waals surface area contributed by atoms with Crippen LogP contribution in [0, 0.1) is 11.8 Å². The Bertz CT molecular complexity index is 579. The first-order valence-electron chi connectivity index (χ1n) is 9.41. The van der Waals surface area contributed by atoms with Crippen molar-refractivity contribution in [2.75, 3.05) is 25.0 Å². The van der Waals surface area contributed by atoms with Gasteiger partial charge in [0.1, 0.15) is 5.82 Å². The van der Waals surface area contributed by atoms with Crippen molar-refractivity contribution in [3.63, 3.8) is 0 Å². The van der Waals surface area contributed by atoms with E-state index < -0.39 is 0 Å². The number of carbonyl (C=O) groups is 1. The van der Waals surface area contributed by atoms with Crippen LogP contribution in [-0.2, 0) is 4.74 Å². The topological polar surface area (TPSA) is 59.4 Å². The molecule has 6 heteroatoms. The normalized spacial score (nSPS) is 25.5. The summed E-state index contributed by atoms with van der Waals surface area (Å²) in [4.78, 5) is 14.5. The van der Waals surface area contributed by atoms with Gasteiger partial charge in [-0.15, -0.1) is 0 Å². The molecular weight excluding hydrogens is 304 g/mol. The second-order valence-corrected chi connectivity index (χ2v) is 7.66. The van der Waals surface area contributed by atoms with Crippen molar-refractivity contribution in [2.45, 2.75) is 57.6 Å². The fraction of sp³-hybridized carbons (Fsp3) is 0.778. The number of anilines is 1. The van der Waals surface area contributed by atoms with E-state index in [0.717, 1.165) is 37.7 Å². The lowest BCUT2D eigenvalue weighted by atomic mass is 10.1. The number of rotatable bonds is 6. The maximum atomic E-state index is 12.6. The molecule has 6 nitrogen and oxygen atoms in total. The molecule has 3 fully saturated rings. The molecule has 0 bridgehead atoms. The lowest BCUT2D eigenvalue weighted by Gasteiger charge is -2.32. The Kier molecular flexibility index (Phi) is 4.48. The van der Waals surface area contributed by atoms with Crippen molar-refractivity contribution in [3.8, 4) is 0 Å². The summed E-state index contributed by atoms with van der Waals surface area (Å²) in [5.41, 5.74) is 0. The van der Waals surface area contributed by atoms with Gasteiger partial charge in [0, 0.05) is 25.8 Å². The quantitative estimate of drug-likeness (QED) is 0.870. The van der Waals surface area contributed by atoms with Crippen LogP contribution in [0.2, 0.25) is 0 Å². The van der Waals surface area contributed by atoms with Gasteiger partial charge in [-0.3, -0.25) is 5.32 Å². The summed E-state index contributed by atoms with van der Waals surface area (Å²) in [6.45, 7) is 4.56. The van der Waals surface area contributed by atoms with Crippen LogP contribution in [0.5, 0.6) is 0 Å². The highest BCUT2D eigenvalue weighted by molar-refractivity contribution is 5.88. The van der Waals surface area contributed by atoms with Crippen LogP contribution in [0.25, 0.3) is 0 Å². The first kappa shape index (κ1) is 15.9. The number of aromatic nitrogens is 2. The lowest BCUT2D eigenvalue weighted by molar-refractivity contribution is 0.00595. The van der Waals surface area contributed by atoms with Gasteiger partial charge in [-0.1, -0.05) is 0 Å². The average molecular weight is 332 g/mol. The van der Waals surface area contributed by atoms with Crippen molar-refractivity contribution in [2.24, 2.45) is 11.8 Å². The van der Waals surface area contributed by atoms with Crippen molar-refractivity contribution < 1.29 is 9.53 Å². The van der Waals surface area contributed by atoms with E-state index in [4.69, 9.17) is 4.74 Å². The number of nitrogens with zero attached hydrogens (tertiary/aromatic N) is 3. The predicted octanol–water partition coefficient (Wildman–Crippen LogP) is 3.28. The van der Waals surface area contributed by atoms with E-state index >= 15 is 0 Å². The van der Waals surface area contributed by atoms with Gasteiger partial charge in [-0.25, -0.2) is 9.48 Å². The summed E-state index contributed by atoms with van der Waals surface area (Å²) < 4.78 is 7.94. The van der Waals surface area contributed by atoms with E-state index in [2.05, 4.69) is 17.3 Å². The first-order chi connectivity index (χ1) is 11.7. The van der Waals surface area contributed by atoms with Crippen LogP contribution in [0.4, 0.5) is 10.6 Å². The van der Waals surface area contributed by atoms with Gasteiger partial charge in [-0.05, 0) is 57.3 Å². The Morgan fingerprint density at radius 1 is 1.38 bits per heavy atom. The Morgan fingerprint density at radius 3 is 2.96 bits per heavy atom. The number of nitrogens with one attached hydrogen (secondary N) is 1. The molecular formula is C18H28N4O2. The SMILES string of the molecule is C[C@@H](C1CC1)n1nccc1NC(=O)N1CCC[C@H](OCC2CC2)C1.